The Morgan fingerprint density at radius 3 is 3.13 bits per heavy atom. The van der Waals surface area contributed by atoms with Crippen LogP contribution in [-0.4, -0.2) is 40.3 Å². The second-order valence-corrected chi connectivity index (χ2v) is 7.41. The van der Waals surface area contributed by atoms with Gasteiger partial charge in [-0.05, 0) is 35.8 Å². The molecule has 2 amide bonds. The third-order valence-electron chi connectivity index (χ3n) is 4.44. The van der Waals surface area contributed by atoms with Gasteiger partial charge in [0.05, 0.1) is 6.20 Å². The van der Waals surface area contributed by atoms with E-state index in [1.54, 1.807) is 11.3 Å². The van der Waals surface area contributed by atoms with Crippen molar-refractivity contribution in [2.24, 2.45) is 13.0 Å². The summed E-state index contributed by atoms with van der Waals surface area (Å²) < 4.78 is 1.83. The molecule has 0 aromatic carbocycles. The number of hydrogen-bond donors (Lipinski definition) is 1. The number of carbonyl (C=O) groups excluding carboxylic acids is 1. The standard InChI is InChI=1S/C17H24N4OS/c1-13(16-4-3-7-23-16)9-18-17(22)21-6-5-14(12-21)8-15-10-19-20(2)11-15/h3-4,7,10-11,13-14H,5-6,8-9,12H2,1-2H3,(H,18,22)/t13-,14+/m0/s1. The number of aryl methyl sites for hydroxylation is 1. The summed E-state index contributed by atoms with van der Waals surface area (Å²) in [6.07, 6.45) is 6.06. The van der Waals surface area contributed by atoms with Crippen molar-refractivity contribution >= 4 is 17.4 Å². The minimum Gasteiger partial charge on any atom is -0.337 e. The van der Waals surface area contributed by atoms with Crippen molar-refractivity contribution in [1.82, 2.24) is 20.0 Å². The predicted octanol–water partition coefficient (Wildman–Crippen LogP) is 2.86. The molecule has 1 fully saturated rings. The maximum Gasteiger partial charge on any atom is 0.317 e. The first kappa shape index (κ1) is 16.1. The van der Waals surface area contributed by atoms with E-state index in [0.717, 1.165) is 25.9 Å². The lowest BCUT2D eigenvalue weighted by atomic mass is 10.0. The summed E-state index contributed by atoms with van der Waals surface area (Å²) >= 11 is 1.75. The van der Waals surface area contributed by atoms with E-state index in [4.69, 9.17) is 0 Å². The molecule has 124 valence electrons. The Kier molecular flexibility index (Phi) is 5.00. The number of urea groups is 1. The normalized spacial score (nSPS) is 19.0. The molecule has 0 bridgehead atoms. The van der Waals surface area contributed by atoms with Gasteiger partial charge in [-0.1, -0.05) is 13.0 Å². The summed E-state index contributed by atoms with van der Waals surface area (Å²) in [6, 6.07) is 4.26. The molecule has 3 heterocycles. The van der Waals surface area contributed by atoms with Gasteiger partial charge in [-0.2, -0.15) is 5.10 Å². The molecule has 1 saturated heterocycles. The number of aromatic nitrogens is 2. The third kappa shape index (κ3) is 4.13. The average Bonchev–Trinajstić information content (AvgIpc) is 3.26. The summed E-state index contributed by atoms with van der Waals surface area (Å²) in [5.41, 5.74) is 1.26. The Labute approximate surface area is 141 Å². The van der Waals surface area contributed by atoms with Crippen molar-refractivity contribution < 1.29 is 4.79 Å². The van der Waals surface area contributed by atoms with E-state index < -0.39 is 0 Å². The summed E-state index contributed by atoms with van der Waals surface area (Å²) in [5, 5.41) is 9.37. The van der Waals surface area contributed by atoms with Crippen molar-refractivity contribution in [2.45, 2.75) is 25.7 Å². The summed E-state index contributed by atoms with van der Waals surface area (Å²) in [5.74, 6) is 0.910. The van der Waals surface area contributed by atoms with Crippen molar-refractivity contribution in [3.8, 4) is 0 Å². The lowest BCUT2D eigenvalue weighted by Gasteiger charge is -2.19. The van der Waals surface area contributed by atoms with Crippen LogP contribution in [0.5, 0.6) is 0 Å². The first-order valence-electron chi connectivity index (χ1n) is 8.15. The molecule has 0 radical (unpaired) electrons. The highest BCUT2D eigenvalue weighted by molar-refractivity contribution is 7.10. The average molecular weight is 332 g/mol. The Morgan fingerprint density at radius 1 is 1.57 bits per heavy atom. The highest BCUT2D eigenvalue weighted by atomic mass is 32.1. The van der Waals surface area contributed by atoms with Gasteiger partial charge in [0.1, 0.15) is 0 Å². The highest BCUT2D eigenvalue weighted by Gasteiger charge is 2.26. The zero-order valence-corrected chi connectivity index (χ0v) is 14.6. The maximum absolute atomic E-state index is 12.3. The van der Waals surface area contributed by atoms with Crippen molar-refractivity contribution in [1.29, 1.82) is 0 Å². The lowest BCUT2D eigenvalue weighted by molar-refractivity contribution is 0.206. The Bertz CT molecular complexity index is 637. The maximum atomic E-state index is 12.3. The van der Waals surface area contributed by atoms with Gasteiger partial charge in [0.15, 0.2) is 0 Å². The molecule has 1 aliphatic heterocycles. The van der Waals surface area contributed by atoms with Crippen molar-refractivity contribution in [3.05, 3.63) is 40.3 Å². The van der Waals surface area contributed by atoms with Gasteiger partial charge in [0, 0.05) is 43.7 Å². The predicted molar refractivity (Wildman–Crippen MR) is 92.7 cm³/mol. The number of nitrogens with zero attached hydrogens (tertiary/aromatic N) is 3. The molecule has 1 N–H and O–H groups in total. The fraction of sp³-hybridized carbons (Fsp3) is 0.529. The Balaban J connectivity index is 1.44. The van der Waals surface area contributed by atoms with Crippen LogP contribution < -0.4 is 5.32 Å². The Morgan fingerprint density at radius 2 is 2.43 bits per heavy atom. The van der Waals surface area contributed by atoms with E-state index in [-0.39, 0.29) is 6.03 Å². The number of amides is 2. The van der Waals surface area contributed by atoms with E-state index in [0.29, 0.717) is 18.4 Å². The van der Waals surface area contributed by atoms with Gasteiger partial charge in [0.2, 0.25) is 0 Å². The molecule has 2 atom stereocenters. The number of thiophene rings is 1. The van der Waals surface area contributed by atoms with Crippen LogP contribution in [0.1, 0.15) is 29.7 Å². The largest absolute Gasteiger partial charge is 0.337 e. The Hall–Kier alpha value is -1.82. The van der Waals surface area contributed by atoms with Crippen LogP contribution in [0.15, 0.2) is 29.9 Å². The second kappa shape index (κ2) is 7.17. The van der Waals surface area contributed by atoms with Crippen LogP contribution in [0.2, 0.25) is 0 Å². The van der Waals surface area contributed by atoms with Crippen molar-refractivity contribution in [3.63, 3.8) is 0 Å². The molecular weight excluding hydrogens is 308 g/mol. The molecule has 23 heavy (non-hydrogen) atoms. The molecule has 0 aliphatic carbocycles. The minimum atomic E-state index is 0.0714. The molecule has 0 spiro atoms. The molecular formula is C17H24N4OS. The second-order valence-electron chi connectivity index (χ2n) is 6.43. The van der Waals surface area contributed by atoms with Gasteiger partial charge in [-0.15, -0.1) is 11.3 Å². The number of rotatable bonds is 5. The molecule has 2 aromatic rings. The van der Waals surface area contributed by atoms with Gasteiger partial charge in [-0.25, -0.2) is 4.79 Å². The van der Waals surface area contributed by atoms with E-state index >= 15 is 0 Å². The number of nitrogens with one attached hydrogen (secondary N) is 1. The zero-order valence-electron chi connectivity index (χ0n) is 13.7. The fourth-order valence-corrected chi connectivity index (χ4v) is 3.91. The molecule has 0 saturated carbocycles. The highest BCUT2D eigenvalue weighted by Crippen LogP contribution is 2.22. The van der Waals surface area contributed by atoms with Crippen LogP contribution in [0.25, 0.3) is 0 Å². The molecule has 2 aromatic heterocycles. The van der Waals surface area contributed by atoms with Crippen LogP contribution in [0.3, 0.4) is 0 Å². The van der Waals surface area contributed by atoms with E-state index in [1.165, 1.54) is 10.4 Å². The molecule has 0 unspecified atom stereocenters. The minimum absolute atomic E-state index is 0.0714. The summed E-state index contributed by atoms with van der Waals surface area (Å²) in [7, 11) is 1.94. The lowest BCUT2D eigenvalue weighted by Crippen LogP contribution is -2.40. The molecule has 5 nitrogen and oxygen atoms in total. The zero-order chi connectivity index (χ0) is 16.2. The van der Waals surface area contributed by atoms with E-state index in [9.17, 15) is 4.79 Å². The topological polar surface area (TPSA) is 50.2 Å². The van der Waals surface area contributed by atoms with Gasteiger partial charge in [0.25, 0.3) is 0 Å². The first-order chi connectivity index (χ1) is 11.1. The van der Waals surface area contributed by atoms with Gasteiger partial charge < -0.3 is 10.2 Å². The van der Waals surface area contributed by atoms with Crippen molar-refractivity contribution in [2.75, 3.05) is 19.6 Å². The van der Waals surface area contributed by atoms with Crippen LogP contribution in [0, 0.1) is 5.92 Å². The number of likely N-dealkylation sites (tertiary alicyclic amines) is 1. The van der Waals surface area contributed by atoms with E-state index in [2.05, 4.69) is 41.0 Å². The SMILES string of the molecule is C[C@@H](CNC(=O)N1CC[C@H](Cc2cnn(C)c2)C1)c1cccs1. The van der Waals surface area contributed by atoms with Crippen LogP contribution in [-0.2, 0) is 13.5 Å². The molecule has 3 rings (SSSR count). The monoisotopic (exact) mass is 332 g/mol. The van der Waals surface area contributed by atoms with Crippen LogP contribution >= 0.6 is 11.3 Å². The summed E-state index contributed by atoms with van der Waals surface area (Å²) in [4.78, 5) is 15.6. The smallest absolute Gasteiger partial charge is 0.317 e. The number of hydrogen-bond acceptors (Lipinski definition) is 3. The first-order valence-corrected chi connectivity index (χ1v) is 9.03. The van der Waals surface area contributed by atoms with Gasteiger partial charge >= 0.3 is 6.03 Å². The number of carbonyl (C=O) groups is 1. The van der Waals surface area contributed by atoms with E-state index in [1.807, 2.05) is 22.8 Å². The fourth-order valence-electron chi connectivity index (χ4n) is 3.12. The third-order valence-corrected chi connectivity index (χ3v) is 5.55. The molecule has 1 aliphatic rings. The quantitative estimate of drug-likeness (QED) is 0.915. The van der Waals surface area contributed by atoms with Gasteiger partial charge in [-0.3, -0.25) is 4.68 Å². The summed E-state index contributed by atoms with van der Waals surface area (Å²) in [6.45, 7) is 4.54. The van der Waals surface area contributed by atoms with Crippen LogP contribution in [0.4, 0.5) is 4.79 Å². The molecule has 6 heteroatoms.